The number of carbonyl (C=O) groups excluding carboxylic acids is 1. The number of hydrogen-bond donors (Lipinski definition) is 0. The van der Waals surface area contributed by atoms with Crippen LogP contribution in [0.15, 0.2) is 36.6 Å². The molecule has 2 fully saturated rings. The fraction of sp³-hybridized carbons (Fsp3) is 0.632. The van der Waals surface area contributed by atoms with Crippen LogP contribution in [0.3, 0.4) is 0 Å². The van der Waals surface area contributed by atoms with Crippen molar-refractivity contribution >= 4 is 5.78 Å². The molecule has 0 saturated carbocycles. The van der Waals surface area contributed by atoms with E-state index in [1.165, 1.54) is 6.08 Å². The number of rotatable bonds is 6. The van der Waals surface area contributed by atoms with E-state index >= 15 is 0 Å². The summed E-state index contributed by atoms with van der Waals surface area (Å²) in [4.78, 5) is 12.5. The molecular formula is C19H26O5. The van der Waals surface area contributed by atoms with Crippen molar-refractivity contribution in [1.29, 1.82) is 0 Å². The third-order valence-electron chi connectivity index (χ3n) is 4.59. The van der Waals surface area contributed by atoms with E-state index in [-0.39, 0.29) is 18.4 Å². The van der Waals surface area contributed by atoms with Gasteiger partial charge in [0.25, 0.3) is 0 Å². The Morgan fingerprint density at radius 3 is 2.50 bits per heavy atom. The predicted octanol–water partition coefficient (Wildman–Crippen LogP) is 3.41. The second kappa shape index (κ2) is 8.10. The van der Waals surface area contributed by atoms with E-state index in [0.29, 0.717) is 18.8 Å². The molecule has 5 heteroatoms. The molecule has 132 valence electrons. The minimum atomic E-state index is -1.09. The molecular weight excluding hydrogens is 308 g/mol. The highest BCUT2D eigenvalue weighted by Gasteiger charge is 2.41. The largest absolute Gasteiger partial charge is 0.469 e. The lowest BCUT2D eigenvalue weighted by Crippen LogP contribution is -2.45. The van der Waals surface area contributed by atoms with Crippen molar-refractivity contribution < 1.29 is 23.7 Å². The maximum Gasteiger partial charge on any atom is 0.199 e. The van der Waals surface area contributed by atoms with Gasteiger partial charge < -0.3 is 18.9 Å². The highest BCUT2D eigenvalue weighted by atomic mass is 16.7. The molecule has 3 atom stereocenters. The van der Waals surface area contributed by atoms with Gasteiger partial charge in [-0.2, -0.15) is 0 Å². The maximum atomic E-state index is 12.5. The molecule has 0 radical (unpaired) electrons. The summed E-state index contributed by atoms with van der Waals surface area (Å²) in [5.41, 5.74) is -1.09. The molecule has 0 aromatic heterocycles. The van der Waals surface area contributed by atoms with E-state index in [9.17, 15) is 4.79 Å². The van der Waals surface area contributed by atoms with Gasteiger partial charge in [0.2, 0.25) is 0 Å². The van der Waals surface area contributed by atoms with Gasteiger partial charge in [0, 0.05) is 19.4 Å². The molecule has 0 amide bonds. The fourth-order valence-electron chi connectivity index (χ4n) is 3.26. The van der Waals surface area contributed by atoms with Crippen LogP contribution in [-0.4, -0.2) is 37.2 Å². The fourth-order valence-corrected chi connectivity index (χ4v) is 3.26. The molecule has 3 unspecified atom stereocenters. The normalized spacial score (nSPS) is 33.6. The second-order valence-electron chi connectivity index (χ2n) is 6.45. The summed E-state index contributed by atoms with van der Waals surface area (Å²) >= 11 is 0. The Bertz CT molecular complexity index is 512. The molecule has 3 aliphatic rings. The first-order valence-electron chi connectivity index (χ1n) is 8.85. The summed E-state index contributed by atoms with van der Waals surface area (Å²) in [6.45, 7) is 5.01. The van der Waals surface area contributed by atoms with Gasteiger partial charge in [0.15, 0.2) is 24.0 Å². The molecule has 24 heavy (non-hydrogen) atoms. The quantitative estimate of drug-likeness (QED) is 0.697. The van der Waals surface area contributed by atoms with Crippen LogP contribution in [0.1, 0.15) is 44.9 Å². The molecule has 0 bridgehead atoms. The van der Waals surface area contributed by atoms with Crippen molar-refractivity contribution in [2.24, 2.45) is 0 Å². The van der Waals surface area contributed by atoms with Crippen LogP contribution in [0, 0.1) is 0 Å². The minimum Gasteiger partial charge on any atom is -0.469 e. The third kappa shape index (κ3) is 4.15. The topological polar surface area (TPSA) is 54.0 Å². The average molecular weight is 334 g/mol. The molecule has 5 nitrogen and oxygen atoms in total. The Hall–Kier alpha value is -1.43. The zero-order valence-corrected chi connectivity index (χ0v) is 14.1. The van der Waals surface area contributed by atoms with Crippen LogP contribution in [0.25, 0.3) is 0 Å². The minimum absolute atomic E-state index is 0.174. The Morgan fingerprint density at radius 2 is 1.88 bits per heavy atom. The molecule has 1 aliphatic carbocycles. The van der Waals surface area contributed by atoms with Crippen LogP contribution in [0.2, 0.25) is 0 Å². The van der Waals surface area contributed by atoms with Crippen LogP contribution in [0.4, 0.5) is 0 Å². The third-order valence-corrected chi connectivity index (χ3v) is 4.59. The summed E-state index contributed by atoms with van der Waals surface area (Å²) in [5, 5.41) is 0. The zero-order chi connectivity index (χ0) is 16.8. The molecule has 0 N–H and O–H groups in total. The molecule has 2 heterocycles. The summed E-state index contributed by atoms with van der Waals surface area (Å²) in [6.07, 6.45) is 12.4. The summed E-state index contributed by atoms with van der Waals surface area (Å²) in [5.74, 6) is 0.530. The number of hydrogen-bond acceptors (Lipinski definition) is 5. The molecule has 0 spiro atoms. The van der Waals surface area contributed by atoms with Gasteiger partial charge in [-0.3, -0.25) is 4.79 Å². The summed E-state index contributed by atoms with van der Waals surface area (Å²) in [6, 6.07) is 0. The monoisotopic (exact) mass is 334 g/mol. The SMILES string of the molecule is C=CC(=O)C1(OC2CCCCO2)C=CC=C(OC2CCCCO2)C1. The van der Waals surface area contributed by atoms with Crippen LogP contribution >= 0.6 is 0 Å². The highest BCUT2D eigenvalue weighted by molar-refractivity contribution is 5.98. The van der Waals surface area contributed by atoms with Crippen molar-refractivity contribution in [3.63, 3.8) is 0 Å². The highest BCUT2D eigenvalue weighted by Crippen LogP contribution is 2.33. The van der Waals surface area contributed by atoms with Crippen LogP contribution in [0.5, 0.6) is 0 Å². The first-order valence-corrected chi connectivity index (χ1v) is 8.85. The van der Waals surface area contributed by atoms with Gasteiger partial charge in [0.1, 0.15) is 5.76 Å². The first kappa shape index (κ1) is 17.4. The molecule has 2 saturated heterocycles. The summed E-state index contributed by atoms with van der Waals surface area (Å²) < 4.78 is 23.3. The van der Waals surface area contributed by atoms with E-state index in [1.807, 2.05) is 12.2 Å². The van der Waals surface area contributed by atoms with E-state index < -0.39 is 5.60 Å². The van der Waals surface area contributed by atoms with Crippen LogP contribution < -0.4 is 0 Å². The Balaban J connectivity index is 1.69. The van der Waals surface area contributed by atoms with Gasteiger partial charge in [-0.25, -0.2) is 0 Å². The molecule has 0 aromatic rings. The summed E-state index contributed by atoms with van der Waals surface area (Å²) in [7, 11) is 0. The van der Waals surface area contributed by atoms with E-state index in [0.717, 1.165) is 45.1 Å². The van der Waals surface area contributed by atoms with Gasteiger partial charge in [0.05, 0.1) is 6.61 Å². The van der Waals surface area contributed by atoms with Gasteiger partial charge in [-0.1, -0.05) is 12.7 Å². The van der Waals surface area contributed by atoms with Crippen molar-refractivity contribution in [2.75, 3.05) is 13.2 Å². The number of allylic oxidation sites excluding steroid dienone is 2. The van der Waals surface area contributed by atoms with Gasteiger partial charge in [-0.15, -0.1) is 0 Å². The Morgan fingerprint density at radius 1 is 1.17 bits per heavy atom. The standard InChI is InChI=1S/C19H26O5/c1-2-16(20)19(24-18-10-4-6-13-22-18)11-7-8-15(14-19)23-17-9-3-5-12-21-17/h2,7-8,11,17-18H,1,3-6,9-10,12-14H2. The number of ether oxygens (including phenoxy) is 4. The molecule has 0 aromatic carbocycles. The Labute approximate surface area is 143 Å². The molecule has 3 rings (SSSR count). The lowest BCUT2D eigenvalue weighted by atomic mass is 9.89. The Kier molecular flexibility index (Phi) is 5.87. The van der Waals surface area contributed by atoms with Crippen molar-refractivity contribution in [3.8, 4) is 0 Å². The van der Waals surface area contributed by atoms with Gasteiger partial charge in [-0.05, 0) is 50.3 Å². The lowest BCUT2D eigenvalue weighted by Gasteiger charge is -2.37. The van der Waals surface area contributed by atoms with Crippen molar-refractivity contribution in [2.45, 2.75) is 63.1 Å². The number of carbonyl (C=O) groups is 1. The number of ketones is 1. The molecule has 2 aliphatic heterocycles. The van der Waals surface area contributed by atoms with Crippen molar-refractivity contribution in [3.05, 3.63) is 36.6 Å². The lowest BCUT2D eigenvalue weighted by molar-refractivity contribution is -0.213. The van der Waals surface area contributed by atoms with E-state index in [2.05, 4.69) is 6.58 Å². The zero-order valence-electron chi connectivity index (χ0n) is 14.1. The smallest absolute Gasteiger partial charge is 0.199 e. The van der Waals surface area contributed by atoms with Crippen LogP contribution in [-0.2, 0) is 23.7 Å². The maximum absolute atomic E-state index is 12.5. The van der Waals surface area contributed by atoms with Crippen molar-refractivity contribution in [1.82, 2.24) is 0 Å². The van der Waals surface area contributed by atoms with E-state index in [4.69, 9.17) is 18.9 Å². The van der Waals surface area contributed by atoms with E-state index in [1.54, 1.807) is 6.08 Å². The second-order valence-corrected chi connectivity index (χ2v) is 6.45. The van der Waals surface area contributed by atoms with Gasteiger partial charge >= 0.3 is 0 Å². The average Bonchev–Trinajstić information content (AvgIpc) is 2.63. The first-order chi connectivity index (χ1) is 11.7. The predicted molar refractivity (Wildman–Crippen MR) is 89.1 cm³/mol.